The van der Waals surface area contributed by atoms with Crippen molar-refractivity contribution in [2.45, 2.75) is 20.8 Å². The van der Waals surface area contributed by atoms with E-state index in [2.05, 4.69) is 20.8 Å². The zero-order chi connectivity index (χ0) is 5.70. The smallest absolute Gasteiger partial charge is 0.108 e. The monoisotopic (exact) mass is 141 g/mol. The summed E-state index contributed by atoms with van der Waals surface area (Å²) in [6.07, 6.45) is 4.26. The molecule has 0 aromatic heterocycles. The van der Waals surface area contributed by atoms with Crippen molar-refractivity contribution in [3.05, 3.63) is 0 Å². The average Bonchev–Trinajstić information content (AvgIpc) is 1.72. The second-order valence-electron chi connectivity index (χ2n) is 1.62. The Kier molecular flexibility index (Phi) is 12.8. The van der Waals surface area contributed by atoms with Crippen LogP contribution in [0, 0.1) is 0 Å². The molecule has 0 spiro atoms. The predicted molar refractivity (Wildman–Crippen MR) is 38.5 cm³/mol. The minimum Gasteiger partial charge on any atom is -0.108 e. The predicted octanol–water partition coefficient (Wildman–Crippen LogP) is -0.468. The summed E-state index contributed by atoms with van der Waals surface area (Å²) in [5, 5.41) is 0. The van der Waals surface area contributed by atoms with Crippen LogP contribution in [0.4, 0.5) is 0 Å². The van der Waals surface area contributed by atoms with Crippen LogP contribution in [-0.2, 0) is 0 Å². The molecule has 0 rings (SSSR count). The third-order valence-electron chi connectivity index (χ3n) is 1.34. The van der Waals surface area contributed by atoms with E-state index < -0.39 is 0 Å². The van der Waals surface area contributed by atoms with Gasteiger partial charge in [0, 0.05) is 0 Å². The standard InChI is InChI=1S/C6H15P.Na/c1-4-7(5-2)6-3;/h4-6H2,1-3H3;/q;+1. The number of rotatable bonds is 3. The molecular weight excluding hydrogens is 126 g/mol. The van der Waals surface area contributed by atoms with E-state index in [1.807, 2.05) is 0 Å². The minimum atomic E-state index is 0. The Balaban J connectivity index is 0. The van der Waals surface area contributed by atoms with Gasteiger partial charge in [-0.25, -0.2) is 0 Å². The number of hydrogen-bond acceptors (Lipinski definition) is 0. The second-order valence-corrected chi connectivity index (χ2v) is 4.86. The molecule has 0 aromatic rings. The van der Waals surface area contributed by atoms with Gasteiger partial charge in [0.2, 0.25) is 0 Å². The topological polar surface area (TPSA) is 0 Å². The molecule has 0 nitrogen and oxygen atoms in total. The molecule has 0 saturated heterocycles. The van der Waals surface area contributed by atoms with Crippen LogP contribution in [0.3, 0.4) is 0 Å². The Morgan fingerprint density at radius 1 is 0.875 bits per heavy atom. The van der Waals surface area contributed by atoms with Gasteiger partial charge < -0.3 is 0 Å². The van der Waals surface area contributed by atoms with Crippen LogP contribution in [0.25, 0.3) is 0 Å². The maximum Gasteiger partial charge on any atom is 1.00 e. The first-order valence-corrected chi connectivity index (χ1v) is 4.97. The van der Waals surface area contributed by atoms with Crippen molar-refractivity contribution in [2.24, 2.45) is 0 Å². The van der Waals surface area contributed by atoms with E-state index in [1.54, 1.807) is 0 Å². The van der Waals surface area contributed by atoms with E-state index in [0.717, 1.165) is 0 Å². The molecule has 0 heterocycles. The SMILES string of the molecule is CCP(CC)CC.[Na+]. The summed E-state index contributed by atoms with van der Waals surface area (Å²) in [5.74, 6) is 0. The van der Waals surface area contributed by atoms with Gasteiger partial charge in [-0.15, -0.1) is 7.92 Å². The van der Waals surface area contributed by atoms with Crippen LogP contribution < -0.4 is 29.6 Å². The summed E-state index contributed by atoms with van der Waals surface area (Å²) in [4.78, 5) is 0. The first-order valence-electron chi connectivity index (χ1n) is 3.07. The molecule has 0 amide bonds. The molecule has 0 aliphatic heterocycles. The normalized spacial score (nSPS) is 9.00. The van der Waals surface area contributed by atoms with Gasteiger partial charge in [0.05, 0.1) is 0 Å². The van der Waals surface area contributed by atoms with Gasteiger partial charge in [0.15, 0.2) is 0 Å². The van der Waals surface area contributed by atoms with Crippen molar-refractivity contribution in [3.8, 4) is 0 Å². The van der Waals surface area contributed by atoms with Gasteiger partial charge in [-0.05, 0) is 18.5 Å². The molecule has 8 heavy (non-hydrogen) atoms. The Morgan fingerprint density at radius 3 is 1.12 bits per heavy atom. The van der Waals surface area contributed by atoms with Crippen LogP contribution in [0.2, 0.25) is 0 Å². The van der Waals surface area contributed by atoms with Gasteiger partial charge in [-0.1, -0.05) is 20.8 Å². The van der Waals surface area contributed by atoms with E-state index >= 15 is 0 Å². The molecule has 0 radical (unpaired) electrons. The third kappa shape index (κ3) is 5.56. The average molecular weight is 141 g/mol. The Bertz CT molecular complexity index is 30.0. The molecule has 0 unspecified atom stereocenters. The van der Waals surface area contributed by atoms with Crippen LogP contribution in [-0.4, -0.2) is 18.5 Å². The maximum absolute atomic E-state index is 2.29. The molecule has 2 heteroatoms. The molecular formula is C6H15NaP+. The second kappa shape index (κ2) is 8.43. The van der Waals surface area contributed by atoms with Crippen molar-refractivity contribution >= 4 is 7.92 Å². The van der Waals surface area contributed by atoms with Crippen molar-refractivity contribution < 1.29 is 29.6 Å². The fraction of sp³-hybridized carbons (Fsp3) is 1.00. The molecule has 0 aliphatic carbocycles. The van der Waals surface area contributed by atoms with E-state index in [9.17, 15) is 0 Å². The Labute approximate surface area is 76.5 Å². The first-order chi connectivity index (χ1) is 3.35. The van der Waals surface area contributed by atoms with Gasteiger partial charge in [-0.2, -0.15) is 0 Å². The van der Waals surface area contributed by atoms with Gasteiger partial charge in [0.25, 0.3) is 0 Å². The van der Waals surface area contributed by atoms with Crippen LogP contribution in [0.1, 0.15) is 20.8 Å². The van der Waals surface area contributed by atoms with Crippen molar-refractivity contribution in [1.29, 1.82) is 0 Å². The van der Waals surface area contributed by atoms with Crippen LogP contribution in [0.15, 0.2) is 0 Å². The third-order valence-corrected chi connectivity index (χ3v) is 4.02. The Morgan fingerprint density at radius 2 is 1.12 bits per heavy atom. The number of hydrogen-bond donors (Lipinski definition) is 0. The molecule has 0 bridgehead atoms. The first kappa shape index (κ1) is 12.1. The molecule has 0 N–H and O–H groups in total. The molecule has 0 aromatic carbocycles. The molecule has 0 aliphatic rings. The maximum atomic E-state index is 2.29. The summed E-state index contributed by atoms with van der Waals surface area (Å²) in [6, 6.07) is 0. The van der Waals surface area contributed by atoms with Crippen molar-refractivity contribution in [3.63, 3.8) is 0 Å². The molecule has 0 atom stereocenters. The zero-order valence-electron chi connectivity index (χ0n) is 6.57. The minimum absolute atomic E-state index is 0. The van der Waals surface area contributed by atoms with E-state index in [-0.39, 0.29) is 29.6 Å². The fourth-order valence-electron chi connectivity index (χ4n) is 0.671. The van der Waals surface area contributed by atoms with Gasteiger partial charge >= 0.3 is 29.6 Å². The largest absolute Gasteiger partial charge is 1.00 e. The van der Waals surface area contributed by atoms with E-state index in [1.165, 1.54) is 18.5 Å². The van der Waals surface area contributed by atoms with Crippen LogP contribution in [0.5, 0.6) is 0 Å². The van der Waals surface area contributed by atoms with Crippen molar-refractivity contribution in [2.75, 3.05) is 18.5 Å². The summed E-state index contributed by atoms with van der Waals surface area (Å²) >= 11 is 0. The summed E-state index contributed by atoms with van der Waals surface area (Å²) in [6.45, 7) is 6.87. The summed E-state index contributed by atoms with van der Waals surface area (Å²) in [5.41, 5.74) is 0. The van der Waals surface area contributed by atoms with Gasteiger partial charge in [0.1, 0.15) is 0 Å². The Hall–Kier alpha value is 1.43. The molecule has 0 fully saturated rings. The molecule has 0 saturated carbocycles. The summed E-state index contributed by atoms with van der Waals surface area (Å²) in [7, 11) is 0.446. The van der Waals surface area contributed by atoms with Gasteiger partial charge in [-0.3, -0.25) is 0 Å². The molecule has 44 valence electrons. The van der Waals surface area contributed by atoms with Crippen LogP contribution >= 0.6 is 7.92 Å². The fourth-order valence-corrected chi connectivity index (χ4v) is 2.01. The summed E-state index contributed by atoms with van der Waals surface area (Å²) < 4.78 is 0. The zero-order valence-corrected chi connectivity index (χ0v) is 9.46. The van der Waals surface area contributed by atoms with E-state index in [0.29, 0.717) is 7.92 Å². The quantitative estimate of drug-likeness (QED) is 0.368. The van der Waals surface area contributed by atoms with Crippen molar-refractivity contribution in [1.82, 2.24) is 0 Å². The van der Waals surface area contributed by atoms with E-state index in [4.69, 9.17) is 0 Å².